The van der Waals surface area contributed by atoms with Gasteiger partial charge in [0.05, 0.1) is 29.8 Å². The number of benzene rings is 2. The molecule has 1 atom stereocenters. The molecule has 2 aromatic heterocycles. The molecule has 2 aromatic carbocycles. The molecule has 6 rings (SSSR count). The molecule has 46 heavy (non-hydrogen) atoms. The third kappa shape index (κ3) is 6.80. The Hall–Kier alpha value is -4.60. The Bertz CT molecular complexity index is 1690. The number of hydrogen-bond donors (Lipinski definition) is 3. The van der Waals surface area contributed by atoms with Crippen molar-refractivity contribution in [3.8, 4) is 33.6 Å². The lowest BCUT2D eigenvalue weighted by Crippen LogP contribution is -2.52. The van der Waals surface area contributed by atoms with E-state index in [1.807, 2.05) is 53.9 Å². The summed E-state index contributed by atoms with van der Waals surface area (Å²) in [6, 6.07) is 16.6. The van der Waals surface area contributed by atoms with Crippen LogP contribution in [0.3, 0.4) is 0 Å². The van der Waals surface area contributed by atoms with Crippen LogP contribution in [0, 0.1) is 0 Å². The van der Waals surface area contributed by atoms with Gasteiger partial charge in [0.25, 0.3) is 0 Å². The SMILES string of the molecule is CC(C)(C)OC(=O)NC1(c2ncc(-c3ccc(-c4ccc(-c5cnc(C6CCCN6C(=O)OC(C)(C)C)[nH]5)cc4)cc3)[nH]2)CCC1. The molecule has 1 aliphatic heterocycles. The van der Waals surface area contributed by atoms with Gasteiger partial charge in [-0.1, -0.05) is 48.5 Å². The highest BCUT2D eigenvalue weighted by Gasteiger charge is 2.43. The van der Waals surface area contributed by atoms with E-state index in [-0.39, 0.29) is 12.1 Å². The number of amides is 2. The molecule has 2 amide bonds. The van der Waals surface area contributed by atoms with Gasteiger partial charge in [-0.25, -0.2) is 19.6 Å². The zero-order valence-corrected chi connectivity index (χ0v) is 27.6. The summed E-state index contributed by atoms with van der Waals surface area (Å²) >= 11 is 0. The second kappa shape index (κ2) is 12.0. The number of H-pyrrole nitrogens is 2. The van der Waals surface area contributed by atoms with E-state index in [9.17, 15) is 9.59 Å². The van der Waals surface area contributed by atoms with E-state index in [0.717, 1.165) is 77.4 Å². The lowest BCUT2D eigenvalue weighted by Gasteiger charge is -2.40. The molecule has 0 bridgehead atoms. The number of likely N-dealkylation sites (tertiary alicyclic amines) is 1. The Kier molecular flexibility index (Phi) is 8.16. The van der Waals surface area contributed by atoms with Crippen molar-refractivity contribution >= 4 is 12.2 Å². The Morgan fingerprint density at radius 1 is 0.783 bits per heavy atom. The van der Waals surface area contributed by atoms with E-state index >= 15 is 0 Å². The van der Waals surface area contributed by atoms with Crippen molar-refractivity contribution in [1.82, 2.24) is 30.2 Å². The number of aromatic amines is 2. The van der Waals surface area contributed by atoms with Gasteiger partial charge < -0.3 is 24.8 Å². The summed E-state index contributed by atoms with van der Waals surface area (Å²) in [5.41, 5.74) is 4.43. The maximum atomic E-state index is 12.8. The highest BCUT2D eigenvalue weighted by molar-refractivity contribution is 5.72. The van der Waals surface area contributed by atoms with Crippen LogP contribution in [0.25, 0.3) is 33.6 Å². The van der Waals surface area contributed by atoms with Gasteiger partial charge in [0.2, 0.25) is 0 Å². The molecule has 1 aliphatic carbocycles. The number of nitrogens with one attached hydrogen (secondary N) is 3. The first kappa shape index (κ1) is 31.4. The van der Waals surface area contributed by atoms with Gasteiger partial charge in [0.1, 0.15) is 28.4 Å². The third-order valence-electron chi connectivity index (χ3n) is 8.49. The van der Waals surface area contributed by atoms with Gasteiger partial charge in [-0.15, -0.1) is 0 Å². The number of alkyl carbamates (subject to hydrolysis) is 1. The lowest BCUT2D eigenvalue weighted by molar-refractivity contribution is 0.0218. The van der Waals surface area contributed by atoms with Crippen molar-refractivity contribution in [3.63, 3.8) is 0 Å². The quantitative estimate of drug-likeness (QED) is 0.199. The average molecular weight is 625 g/mol. The standard InChI is InChI=1S/C36H44N6O4/c1-34(2,3)45-32(43)41-36(18-8-19-36)31-38-22-28(40-31)26-16-12-24(13-17-26)23-10-14-25(15-11-23)27-21-37-30(39-27)29-9-7-20-42(29)33(44)46-35(4,5)6/h10-17,21-22,29H,7-9,18-20H2,1-6H3,(H,37,39)(H,38,40)(H,41,43). The second-order valence-corrected chi connectivity index (χ2v) is 14.4. The van der Waals surface area contributed by atoms with Crippen LogP contribution >= 0.6 is 0 Å². The molecule has 242 valence electrons. The normalized spacial score (nSPS) is 17.8. The molecule has 10 heteroatoms. The molecule has 3 heterocycles. The smallest absolute Gasteiger partial charge is 0.410 e. The van der Waals surface area contributed by atoms with Gasteiger partial charge in [-0.3, -0.25) is 4.90 Å². The number of imidazole rings is 2. The number of ether oxygens (including phenoxy) is 2. The monoisotopic (exact) mass is 624 g/mol. The summed E-state index contributed by atoms with van der Waals surface area (Å²) in [6.07, 6.45) is 7.37. The van der Waals surface area contributed by atoms with Crippen molar-refractivity contribution in [2.24, 2.45) is 0 Å². The molecule has 2 fully saturated rings. The molecule has 4 aromatic rings. The van der Waals surface area contributed by atoms with Crippen LogP contribution in [-0.2, 0) is 15.0 Å². The fraction of sp³-hybridized carbons (Fsp3) is 0.444. The van der Waals surface area contributed by atoms with Crippen molar-refractivity contribution in [1.29, 1.82) is 0 Å². The van der Waals surface area contributed by atoms with E-state index in [2.05, 4.69) is 73.8 Å². The van der Waals surface area contributed by atoms with Gasteiger partial charge in [0, 0.05) is 6.54 Å². The van der Waals surface area contributed by atoms with Gasteiger partial charge in [0.15, 0.2) is 0 Å². The number of nitrogens with zero attached hydrogens (tertiary/aromatic N) is 3. The maximum absolute atomic E-state index is 12.8. The molecule has 3 N–H and O–H groups in total. The molecular weight excluding hydrogens is 580 g/mol. The summed E-state index contributed by atoms with van der Waals surface area (Å²) in [6.45, 7) is 11.9. The average Bonchev–Trinajstić information content (AvgIpc) is 3.74. The van der Waals surface area contributed by atoms with E-state index in [1.165, 1.54) is 0 Å². The summed E-state index contributed by atoms with van der Waals surface area (Å²) in [5.74, 6) is 1.54. The first-order chi connectivity index (χ1) is 21.8. The molecular formula is C36H44N6O4. The van der Waals surface area contributed by atoms with E-state index in [0.29, 0.717) is 6.54 Å². The maximum Gasteiger partial charge on any atom is 0.410 e. The number of hydrogen-bond acceptors (Lipinski definition) is 6. The first-order valence-corrected chi connectivity index (χ1v) is 16.1. The molecule has 0 spiro atoms. The van der Waals surface area contributed by atoms with Crippen molar-refractivity contribution in [3.05, 3.63) is 72.6 Å². The Morgan fingerprint density at radius 3 is 1.87 bits per heavy atom. The minimum Gasteiger partial charge on any atom is -0.444 e. The minimum atomic E-state index is -0.559. The van der Waals surface area contributed by atoms with E-state index in [4.69, 9.17) is 9.47 Å². The molecule has 0 radical (unpaired) electrons. The zero-order valence-electron chi connectivity index (χ0n) is 27.6. The van der Waals surface area contributed by atoms with Crippen LogP contribution < -0.4 is 5.32 Å². The molecule has 1 unspecified atom stereocenters. The van der Waals surface area contributed by atoms with Crippen LogP contribution in [0.15, 0.2) is 60.9 Å². The lowest BCUT2D eigenvalue weighted by atomic mass is 9.76. The fourth-order valence-electron chi connectivity index (χ4n) is 6.09. The Balaban J connectivity index is 1.11. The number of rotatable bonds is 6. The van der Waals surface area contributed by atoms with Crippen molar-refractivity contribution in [2.75, 3.05) is 6.54 Å². The number of carbonyl (C=O) groups is 2. The predicted molar refractivity (Wildman–Crippen MR) is 177 cm³/mol. The third-order valence-corrected chi connectivity index (χ3v) is 8.49. The van der Waals surface area contributed by atoms with Gasteiger partial charge in [-0.2, -0.15) is 0 Å². The number of carbonyl (C=O) groups excluding carboxylic acids is 2. The Morgan fingerprint density at radius 2 is 1.33 bits per heavy atom. The van der Waals surface area contributed by atoms with E-state index in [1.54, 1.807) is 4.90 Å². The number of aromatic nitrogens is 4. The summed E-state index contributed by atoms with van der Waals surface area (Å²) in [5, 5.41) is 3.06. The van der Waals surface area contributed by atoms with Crippen molar-refractivity contribution in [2.45, 2.75) is 96.4 Å². The van der Waals surface area contributed by atoms with Crippen LogP contribution in [0.5, 0.6) is 0 Å². The summed E-state index contributed by atoms with van der Waals surface area (Å²) in [7, 11) is 0. The van der Waals surface area contributed by atoms with Crippen LogP contribution in [0.2, 0.25) is 0 Å². The largest absolute Gasteiger partial charge is 0.444 e. The van der Waals surface area contributed by atoms with Gasteiger partial charge in [-0.05, 0) is 95.9 Å². The van der Waals surface area contributed by atoms with E-state index < -0.39 is 22.8 Å². The topological polar surface area (TPSA) is 125 Å². The molecule has 1 saturated carbocycles. The second-order valence-electron chi connectivity index (χ2n) is 14.4. The molecule has 10 nitrogen and oxygen atoms in total. The fourth-order valence-corrected chi connectivity index (χ4v) is 6.09. The summed E-state index contributed by atoms with van der Waals surface area (Å²) in [4.78, 5) is 43.2. The van der Waals surface area contributed by atoms with Crippen molar-refractivity contribution < 1.29 is 19.1 Å². The minimum absolute atomic E-state index is 0.118. The molecule has 1 saturated heterocycles. The summed E-state index contributed by atoms with van der Waals surface area (Å²) < 4.78 is 11.1. The van der Waals surface area contributed by atoms with Crippen LogP contribution in [0.1, 0.15) is 91.3 Å². The highest BCUT2D eigenvalue weighted by Crippen LogP contribution is 2.41. The molecule has 2 aliphatic rings. The predicted octanol–water partition coefficient (Wildman–Crippen LogP) is 8.11. The zero-order chi connectivity index (χ0) is 32.7. The van der Waals surface area contributed by atoms with Crippen LogP contribution in [0.4, 0.5) is 9.59 Å². The Labute approximate surface area is 270 Å². The first-order valence-electron chi connectivity index (χ1n) is 16.1. The van der Waals surface area contributed by atoms with Crippen LogP contribution in [-0.4, -0.2) is 54.8 Å². The highest BCUT2D eigenvalue weighted by atomic mass is 16.6. The van der Waals surface area contributed by atoms with Gasteiger partial charge >= 0.3 is 12.2 Å².